The summed E-state index contributed by atoms with van der Waals surface area (Å²) in [4.78, 5) is 16.9. The zero-order chi connectivity index (χ0) is 25.3. The maximum Gasteiger partial charge on any atom is 0.407 e. The molecule has 0 spiro atoms. The van der Waals surface area contributed by atoms with Crippen LogP contribution in [0.4, 0.5) is 4.79 Å². The Hall–Kier alpha value is -2.20. The highest BCUT2D eigenvalue weighted by Crippen LogP contribution is 2.22. The molecular formula is C26H40N4O4S. The standard InChI is InChI=1S/C26H40N4O4S/c1-26(2,3)34-25(31)27-14-7-16-29-18-9-19-30(21-20-29)17-8-15-28-35(32,33)24-13-6-11-22-10-4-5-12-23(22)24/h4-6,10-13,28H,7-9,14-21H2,1-3H3,(H,27,31). The van der Waals surface area contributed by atoms with Crippen molar-refractivity contribution in [2.45, 2.75) is 50.5 Å². The molecule has 9 heteroatoms. The molecule has 3 rings (SSSR count). The average molecular weight is 505 g/mol. The highest BCUT2D eigenvalue weighted by Gasteiger charge is 2.18. The third-order valence-corrected chi connectivity index (χ3v) is 7.50. The lowest BCUT2D eigenvalue weighted by Gasteiger charge is -2.22. The van der Waals surface area contributed by atoms with Gasteiger partial charge in [0.2, 0.25) is 10.0 Å². The summed E-state index contributed by atoms with van der Waals surface area (Å²) in [5, 5.41) is 4.48. The number of carbonyl (C=O) groups excluding carboxylic acids is 1. The molecule has 0 aromatic heterocycles. The van der Waals surface area contributed by atoms with Gasteiger partial charge in [0.1, 0.15) is 5.60 Å². The monoisotopic (exact) mass is 504 g/mol. The van der Waals surface area contributed by atoms with Gasteiger partial charge >= 0.3 is 6.09 Å². The maximum absolute atomic E-state index is 12.9. The lowest BCUT2D eigenvalue weighted by Crippen LogP contribution is -2.36. The highest BCUT2D eigenvalue weighted by molar-refractivity contribution is 7.89. The van der Waals surface area contributed by atoms with E-state index in [1.54, 1.807) is 12.1 Å². The number of ether oxygens (including phenoxy) is 1. The third kappa shape index (κ3) is 9.07. The summed E-state index contributed by atoms with van der Waals surface area (Å²) in [5.74, 6) is 0. The van der Waals surface area contributed by atoms with Gasteiger partial charge in [0.15, 0.2) is 0 Å². The van der Waals surface area contributed by atoms with E-state index in [0.29, 0.717) is 18.0 Å². The molecule has 1 heterocycles. The SMILES string of the molecule is CC(C)(C)OC(=O)NCCCN1CCCN(CCCNS(=O)(=O)c2cccc3ccccc23)CC1. The maximum atomic E-state index is 12.9. The minimum atomic E-state index is -3.55. The number of sulfonamides is 1. The Bertz CT molecular complexity index is 1060. The normalized spacial score (nSPS) is 16.2. The van der Waals surface area contributed by atoms with Gasteiger partial charge in [0.25, 0.3) is 0 Å². The summed E-state index contributed by atoms with van der Waals surface area (Å²) in [6.07, 6.45) is 2.37. The molecule has 0 aliphatic carbocycles. The van der Waals surface area contributed by atoms with Gasteiger partial charge in [-0.2, -0.15) is 0 Å². The van der Waals surface area contributed by atoms with Crippen LogP contribution in [0.2, 0.25) is 0 Å². The molecule has 0 atom stereocenters. The minimum Gasteiger partial charge on any atom is -0.444 e. The molecule has 1 aliphatic rings. The van der Waals surface area contributed by atoms with E-state index in [4.69, 9.17) is 4.74 Å². The number of rotatable bonds is 10. The van der Waals surface area contributed by atoms with Crippen molar-refractivity contribution < 1.29 is 17.9 Å². The summed E-state index contributed by atoms with van der Waals surface area (Å²) >= 11 is 0. The third-order valence-electron chi connectivity index (χ3n) is 5.98. The zero-order valence-corrected chi connectivity index (χ0v) is 22.1. The zero-order valence-electron chi connectivity index (χ0n) is 21.3. The summed E-state index contributed by atoms with van der Waals surface area (Å²) in [5.41, 5.74) is -0.478. The van der Waals surface area contributed by atoms with Crippen molar-refractivity contribution in [2.75, 3.05) is 52.4 Å². The van der Waals surface area contributed by atoms with E-state index in [9.17, 15) is 13.2 Å². The number of fused-ring (bicyclic) bond motifs is 1. The molecule has 35 heavy (non-hydrogen) atoms. The number of alkyl carbamates (subject to hydrolysis) is 1. The first-order valence-corrected chi connectivity index (χ1v) is 14.0. The molecular weight excluding hydrogens is 464 g/mol. The smallest absolute Gasteiger partial charge is 0.407 e. The molecule has 0 saturated carbocycles. The van der Waals surface area contributed by atoms with Crippen LogP contribution in [0.1, 0.15) is 40.0 Å². The quantitative estimate of drug-likeness (QED) is 0.482. The van der Waals surface area contributed by atoms with Gasteiger partial charge < -0.3 is 19.9 Å². The Balaban J connectivity index is 1.34. The number of benzene rings is 2. The van der Waals surface area contributed by atoms with Crippen LogP contribution in [0.25, 0.3) is 10.8 Å². The fourth-order valence-electron chi connectivity index (χ4n) is 4.30. The fourth-order valence-corrected chi connectivity index (χ4v) is 5.60. The van der Waals surface area contributed by atoms with E-state index in [1.807, 2.05) is 51.1 Å². The highest BCUT2D eigenvalue weighted by atomic mass is 32.2. The van der Waals surface area contributed by atoms with Crippen LogP contribution >= 0.6 is 0 Å². The molecule has 2 aromatic rings. The first kappa shape index (κ1) is 27.4. The van der Waals surface area contributed by atoms with Crippen LogP contribution in [-0.4, -0.2) is 82.3 Å². The van der Waals surface area contributed by atoms with Crippen LogP contribution in [-0.2, 0) is 14.8 Å². The van der Waals surface area contributed by atoms with Crippen molar-refractivity contribution in [3.63, 3.8) is 0 Å². The van der Waals surface area contributed by atoms with Gasteiger partial charge in [-0.05, 0) is 77.7 Å². The Morgan fingerprint density at radius 1 is 0.914 bits per heavy atom. The van der Waals surface area contributed by atoms with E-state index in [0.717, 1.165) is 69.3 Å². The number of hydrogen-bond donors (Lipinski definition) is 2. The summed E-state index contributed by atoms with van der Waals surface area (Å²) < 4.78 is 33.8. The van der Waals surface area contributed by atoms with Crippen molar-refractivity contribution in [3.05, 3.63) is 42.5 Å². The van der Waals surface area contributed by atoms with Gasteiger partial charge in [0.05, 0.1) is 4.90 Å². The van der Waals surface area contributed by atoms with E-state index in [1.165, 1.54) is 0 Å². The Morgan fingerprint density at radius 3 is 2.23 bits per heavy atom. The molecule has 0 unspecified atom stereocenters. The van der Waals surface area contributed by atoms with Crippen molar-refractivity contribution >= 4 is 26.9 Å². The van der Waals surface area contributed by atoms with E-state index < -0.39 is 15.6 Å². The lowest BCUT2D eigenvalue weighted by molar-refractivity contribution is 0.0525. The summed E-state index contributed by atoms with van der Waals surface area (Å²) in [6, 6.07) is 12.9. The average Bonchev–Trinajstić information content (AvgIpc) is 3.03. The van der Waals surface area contributed by atoms with E-state index in [-0.39, 0.29) is 6.09 Å². The van der Waals surface area contributed by atoms with Crippen molar-refractivity contribution in [1.29, 1.82) is 0 Å². The van der Waals surface area contributed by atoms with Crippen LogP contribution in [0.3, 0.4) is 0 Å². The topological polar surface area (TPSA) is 91.0 Å². The molecule has 1 amide bonds. The molecule has 1 saturated heterocycles. The molecule has 8 nitrogen and oxygen atoms in total. The Labute approximate surface area is 210 Å². The predicted molar refractivity (Wildman–Crippen MR) is 140 cm³/mol. The fraction of sp³-hybridized carbons (Fsp3) is 0.577. The molecule has 2 aromatic carbocycles. The van der Waals surface area contributed by atoms with E-state index in [2.05, 4.69) is 19.8 Å². The molecule has 194 valence electrons. The molecule has 0 radical (unpaired) electrons. The van der Waals surface area contributed by atoms with Gasteiger partial charge in [-0.25, -0.2) is 17.9 Å². The van der Waals surface area contributed by atoms with Crippen LogP contribution in [0, 0.1) is 0 Å². The number of nitrogens with zero attached hydrogens (tertiary/aromatic N) is 2. The first-order valence-electron chi connectivity index (χ1n) is 12.5. The van der Waals surface area contributed by atoms with Gasteiger partial charge in [-0.3, -0.25) is 0 Å². The first-order chi connectivity index (χ1) is 16.6. The largest absolute Gasteiger partial charge is 0.444 e. The van der Waals surface area contributed by atoms with Gasteiger partial charge in [0, 0.05) is 31.6 Å². The number of carbonyl (C=O) groups is 1. The second-order valence-electron chi connectivity index (χ2n) is 10.0. The van der Waals surface area contributed by atoms with Crippen LogP contribution < -0.4 is 10.0 Å². The number of amides is 1. The van der Waals surface area contributed by atoms with Crippen molar-refractivity contribution in [3.8, 4) is 0 Å². The predicted octanol–water partition coefficient (Wildman–Crippen LogP) is 3.43. The molecule has 0 bridgehead atoms. The minimum absolute atomic E-state index is 0.335. The van der Waals surface area contributed by atoms with Crippen molar-refractivity contribution in [1.82, 2.24) is 19.8 Å². The Morgan fingerprint density at radius 2 is 1.54 bits per heavy atom. The van der Waals surface area contributed by atoms with Gasteiger partial charge in [-0.1, -0.05) is 36.4 Å². The van der Waals surface area contributed by atoms with Crippen LogP contribution in [0.15, 0.2) is 47.4 Å². The number of nitrogens with one attached hydrogen (secondary N) is 2. The second kappa shape index (κ2) is 12.7. The molecule has 1 fully saturated rings. The van der Waals surface area contributed by atoms with E-state index >= 15 is 0 Å². The second-order valence-corrected chi connectivity index (χ2v) is 11.8. The summed E-state index contributed by atoms with van der Waals surface area (Å²) in [7, 11) is -3.55. The van der Waals surface area contributed by atoms with Gasteiger partial charge in [-0.15, -0.1) is 0 Å². The Kier molecular flexibility index (Phi) is 9.91. The molecule has 1 aliphatic heterocycles. The number of hydrogen-bond acceptors (Lipinski definition) is 6. The molecule has 2 N–H and O–H groups in total. The summed E-state index contributed by atoms with van der Waals surface area (Å²) in [6.45, 7) is 12.4. The van der Waals surface area contributed by atoms with Crippen LogP contribution in [0.5, 0.6) is 0 Å². The lowest BCUT2D eigenvalue weighted by atomic mass is 10.1. The van der Waals surface area contributed by atoms with Crippen molar-refractivity contribution in [2.24, 2.45) is 0 Å².